The largest absolute Gasteiger partial charge is 0.497 e. The molecule has 0 unspecified atom stereocenters. The highest BCUT2D eigenvalue weighted by Gasteiger charge is 2.32. The van der Waals surface area contributed by atoms with Gasteiger partial charge in [-0.15, -0.1) is 6.58 Å². The molecule has 0 aliphatic carbocycles. The molecule has 1 saturated heterocycles. The molecule has 23 heavy (non-hydrogen) atoms. The third kappa shape index (κ3) is 3.57. The predicted octanol–water partition coefficient (Wildman–Crippen LogP) is 1.52. The zero-order valence-corrected chi connectivity index (χ0v) is 13.6. The van der Waals surface area contributed by atoms with E-state index in [4.69, 9.17) is 21.7 Å². The second-order valence-electron chi connectivity index (χ2n) is 4.67. The zero-order valence-electron chi connectivity index (χ0n) is 12.8. The van der Waals surface area contributed by atoms with Gasteiger partial charge in [0, 0.05) is 12.6 Å². The monoisotopic (exact) mass is 332 g/mol. The molecule has 1 aliphatic heterocycles. The number of carbonyl (C=O) groups is 2. The van der Waals surface area contributed by atoms with E-state index in [1.165, 1.54) is 31.3 Å². The Kier molecular flexibility index (Phi) is 5.13. The number of methoxy groups -OCH3 is 2. The molecule has 7 heteroatoms. The molecule has 1 aromatic carbocycles. The van der Waals surface area contributed by atoms with Crippen LogP contribution in [0.25, 0.3) is 6.08 Å². The van der Waals surface area contributed by atoms with Crippen molar-refractivity contribution < 1.29 is 19.1 Å². The average Bonchev–Trinajstić information content (AvgIpc) is 2.55. The van der Waals surface area contributed by atoms with Gasteiger partial charge >= 0.3 is 0 Å². The van der Waals surface area contributed by atoms with Crippen LogP contribution in [0, 0.1) is 0 Å². The van der Waals surface area contributed by atoms with Gasteiger partial charge in [0.2, 0.25) is 0 Å². The van der Waals surface area contributed by atoms with Gasteiger partial charge in [0.05, 0.1) is 14.2 Å². The van der Waals surface area contributed by atoms with Gasteiger partial charge < -0.3 is 9.47 Å². The quantitative estimate of drug-likeness (QED) is 0.383. The summed E-state index contributed by atoms with van der Waals surface area (Å²) in [7, 11) is 3.04. The van der Waals surface area contributed by atoms with Crippen LogP contribution in [0.15, 0.2) is 36.4 Å². The van der Waals surface area contributed by atoms with E-state index in [2.05, 4.69) is 11.9 Å². The number of nitrogens with zero attached hydrogens (tertiary/aromatic N) is 1. The molecular weight excluding hydrogens is 316 g/mol. The molecule has 1 N–H and O–H groups in total. The molecule has 0 bridgehead atoms. The lowest BCUT2D eigenvalue weighted by Gasteiger charge is -2.27. The van der Waals surface area contributed by atoms with Crippen molar-refractivity contribution in [2.75, 3.05) is 20.8 Å². The summed E-state index contributed by atoms with van der Waals surface area (Å²) in [6, 6.07) is 5.09. The van der Waals surface area contributed by atoms with E-state index >= 15 is 0 Å². The predicted molar refractivity (Wildman–Crippen MR) is 90.2 cm³/mol. The van der Waals surface area contributed by atoms with Crippen molar-refractivity contribution in [2.45, 2.75) is 0 Å². The smallest absolute Gasteiger partial charge is 0.265 e. The molecule has 0 saturated carbocycles. The van der Waals surface area contributed by atoms with Crippen molar-refractivity contribution in [1.82, 2.24) is 10.2 Å². The standard InChI is InChI=1S/C16H16N2O4S/c1-4-5-18-15(20)13(14(19)17-16(18)23)8-10-6-11(21-2)9-12(7-10)22-3/h4,6-9H,1,5H2,2-3H3,(H,17,19,23). The lowest BCUT2D eigenvalue weighted by Crippen LogP contribution is -2.53. The average molecular weight is 332 g/mol. The van der Waals surface area contributed by atoms with Crippen LogP contribution in [0.3, 0.4) is 0 Å². The molecule has 1 aliphatic rings. The number of rotatable bonds is 5. The second-order valence-corrected chi connectivity index (χ2v) is 5.05. The summed E-state index contributed by atoms with van der Waals surface area (Å²) >= 11 is 5.00. The summed E-state index contributed by atoms with van der Waals surface area (Å²) in [6.45, 7) is 3.80. The van der Waals surface area contributed by atoms with Gasteiger partial charge in [0.15, 0.2) is 5.11 Å². The molecule has 120 valence electrons. The number of nitrogens with one attached hydrogen (secondary N) is 1. The van der Waals surface area contributed by atoms with E-state index in [1.807, 2.05) is 0 Å². The van der Waals surface area contributed by atoms with Crippen LogP contribution < -0.4 is 14.8 Å². The van der Waals surface area contributed by atoms with Crippen LogP contribution in [0.1, 0.15) is 5.56 Å². The van der Waals surface area contributed by atoms with Crippen LogP contribution >= 0.6 is 12.2 Å². The first-order chi connectivity index (χ1) is 11.0. The van der Waals surface area contributed by atoms with Crippen molar-refractivity contribution >= 4 is 35.2 Å². The minimum Gasteiger partial charge on any atom is -0.497 e. The van der Waals surface area contributed by atoms with Crippen LogP contribution in [-0.2, 0) is 9.59 Å². The van der Waals surface area contributed by atoms with E-state index < -0.39 is 11.8 Å². The van der Waals surface area contributed by atoms with Crippen LogP contribution in [0.4, 0.5) is 0 Å². The highest BCUT2D eigenvalue weighted by molar-refractivity contribution is 7.80. The van der Waals surface area contributed by atoms with Gasteiger partial charge in [0.1, 0.15) is 17.1 Å². The number of benzene rings is 1. The highest BCUT2D eigenvalue weighted by Crippen LogP contribution is 2.25. The normalized spacial score (nSPS) is 16.3. The van der Waals surface area contributed by atoms with Gasteiger partial charge in [-0.1, -0.05) is 6.08 Å². The fourth-order valence-electron chi connectivity index (χ4n) is 2.07. The second kappa shape index (κ2) is 7.06. The number of carbonyl (C=O) groups excluding carboxylic acids is 2. The van der Waals surface area contributed by atoms with Crippen molar-refractivity contribution in [3.8, 4) is 11.5 Å². The Morgan fingerprint density at radius 1 is 1.22 bits per heavy atom. The summed E-state index contributed by atoms with van der Waals surface area (Å²) in [6.07, 6.45) is 3.01. The van der Waals surface area contributed by atoms with E-state index in [0.29, 0.717) is 17.1 Å². The lowest BCUT2D eigenvalue weighted by molar-refractivity contribution is -0.128. The molecule has 0 aromatic heterocycles. The maximum absolute atomic E-state index is 12.4. The van der Waals surface area contributed by atoms with Gasteiger partial charge in [-0.2, -0.15) is 0 Å². The molecule has 0 radical (unpaired) electrons. The molecule has 6 nitrogen and oxygen atoms in total. The Labute approximate surface area is 139 Å². The third-order valence-corrected chi connectivity index (χ3v) is 3.50. The molecule has 0 atom stereocenters. The molecule has 1 fully saturated rings. The maximum Gasteiger partial charge on any atom is 0.265 e. The van der Waals surface area contributed by atoms with Gasteiger partial charge in [-0.25, -0.2) is 0 Å². The minimum atomic E-state index is -0.540. The molecule has 1 heterocycles. The number of ether oxygens (including phenoxy) is 2. The Morgan fingerprint density at radius 3 is 2.35 bits per heavy atom. The first-order valence-electron chi connectivity index (χ1n) is 6.73. The van der Waals surface area contributed by atoms with Gasteiger partial charge in [0.25, 0.3) is 11.8 Å². The van der Waals surface area contributed by atoms with E-state index in [9.17, 15) is 9.59 Å². The third-order valence-electron chi connectivity index (χ3n) is 3.18. The van der Waals surface area contributed by atoms with Crippen LogP contribution in [0.5, 0.6) is 11.5 Å². The topological polar surface area (TPSA) is 67.9 Å². The minimum absolute atomic E-state index is 0.0178. The Morgan fingerprint density at radius 2 is 1.83 bits per heavy atom. The van der Waals surface area contributed by atoms with Crippen LogP contribution in [-0.4, -0.2) is 42.6 Å². The first kappa shape index (κ1) is 16.7. The number of hydrogen-bond donors (Lipinski definition) is 1. The van der Waals surface area contributed by atoms with Crippen molar-refractivity contribution in [1.29, 1.82) is 0 Å². The Bertz CT molecular complexity index is 690. The maximum atomic E-state index is 12.4. The summed E-state index contributed by atoms with van der Waals surface area (Å²) in [4.78, 5) is 25.8. The molecule has 1 aromatic rings. The zero-order chi connectivity index (χ0) is 17.0. The molecule has 2 amide bonds. The van der Waals surface area contributed by atoms with Crippen molar-refractivity contribution in [3.05, 3.63) is 42.0 Å². The number of thiocarbonyl (C=S) groups is 1. The van der Waals surface area contributed by atoms with E-state index in [0.717, 1.165) is 0 Å². The summed E-state index contributed by atoms with van der Waals surface area (Å²) < 4.78 is 10.4. The van der Waals surface area contributed by atoms with Crippen molar-refractivity contribution in [3.63, 3.8) is 0 Å². The van der Waals surface area contributed by atoms with E-state index in [-0.39, 0.29) is 17.2 Å². The first-order valence-corrected chi connectivity index (χ1v) is 7.13. The SMILES string of the molecule is C=CCN1C(=O)C(=Cc2cc(OC)cc(OC)c2)C(=O)NC1=S. The molecular formula is C16H16N2O4S. The van der Waals surface area contributed by atoms with Crippen molar-refractivity contribution in [2.24, 2.45) is 0 Å². The number of hydrogen-bond acceptors (Lipinski definition) is 5. The Hall–Kier alpha value is -2.67. The van der Waals surface area contributed by atoms with E-state index in [1.54, 1.807) is 18.2 Å². The van der Waals surface area contributed by atoms with Gasteiger partial charge in [-0.3, -0.25) is 19.8 Å². The summed E-state index contributed by atoms with van der Waals surface area (Å²) in [5.41, 5.74) is 0.585. The fourth-order valence-corrected chi connectivity index (χ4v) is 2.32. The summed E-state index contributed by atoms with van der Waals surface area (Å²) in [5, 5.41) is 2.56. The van der Waals surface area contributed by atoms with Crippen LogP contribution in [0.2, 0.25) is 0 Å². The molecule has 2 rings (SSSR count). The summed E-state index contributed by atoms with van der Waals surface area (Å²) in [5.74, 6) is 0.0965. The number of amides is 2. The highest BCUT2D eigenvalue weighted by atomic mass is 32.1. The Balaban J connectivity index is 2.44. The fraction of sp³-hybridized carbons (Fsp3) is 0.188. The lowest BCUT2D eigenvalue weighted by atomic mass is 10.1. The molecule has 0 spiro atoms. The van der Waals surface area contributed by atoms with Gasteiger partial charge in [-0.05, 0) is 36.0 Å².